The molecule has 20 heavy (non-hydrogen) atoms. The lowest BCUT2D eigenvalue weighted by atomic mass is 10.2. The highest BCUT2D eigenvalue weighted by atomic mass is 19.1. The Morgan fingerprint density at radius 2 is 2.25 bits per heavy atom. The summed E-state index contributed by atoms with van der Waals surface area (Å²) in [4.78, 5) is 24.1. The zero-order valence-electron chi connectivity index (χ0n) is 10.7. The molecule has 1 amide bonds. The lowest BCUT2D eigenvalue weighted by molar-refractivity contribution is -0.158. The van der Waals surface area contributed by atoms with Crippen LogP contribution < -0.4 is 0 Å². The Bertz CT molecular complexity index is 544. The Morgan fingerprint density at radius 3 is 2.95 bits per heavy atom. The summed E-state index contributed by atoms with van der Waals surface area (Å²) in [7, 11) is 0. The van der Waals surface area contributed by atoms with Crippen LogP contribution in [0.1, 0.15) is 5.56 Å². The van der Waals surface area contributed by atoms with Gasteiger partial charge in [0.1, 0.15) is 5.82 Å². The largest absolute Gasteiger partial charge is 0.479 e. The second-order valence-corrected chi connectivity index (χ2v) is 4.37. The fraction of sp³-hybridized carbons (Fsp3) is 0.286. The third-order valence-electron chi connectivity index (χ3n) is 2.92. The Morgan fingerprint density at radius 1 is 1.45 bits per heavy atom. The zero-order chi connectivity index (χ0) is 14.5. The molecule has 1 aliphatic heterocycles. The van der Waals surface area contributed by atoms with Crippen LogP contribution in [0.4, 0.5) is 4.39 Å². The molecule has 1 aromatic carbocycles. The fourth-order valence-corrected chi connectivity index (χ4v) is 1.88. The third-order valence-corrected chi connectivity index (χ3v) is 2.92. The molecule has 1 aromatic rings. The maximum absolute atomic E-state index is 13.0. The Kier molecular flexibility index (Phi) is 4.47. The van der Waals surface area contributed by atoms with Gasteiger partial charge in [-0.25, -0.2) is 9.18 Å². The molecule has 0 radical (unpaired) electrons. The van der Waals surface area contributed by atoms with Crippen LogP contribution in [-0.4, -0.2) is 47.7 Å². The number of carboxylic acids is 1. The van der Waals surface area contributed by atoms with Gasteiger partial charge >= 0.3 is 5.97 Å². The van der Waals surface area contributed by atoms with Crippen LogP contribution in [0, 0.1) is 5.82 Å². The zero-order valence-corrected chi connectivity index (χ0v) is 10.7. The van der Waals surface area contributed by atoms with E-state index in [9.17, 15) is 14.0 Å². The molecule has 1 fully saturated rings. The Labute approximate surface area is 115 Å². The normalized spacial score (nSPS) is 19.2. The van der Waals surface area contributed by atoms with Crippen molar-refractivity contribution in [2.45, 2.75) is 6.10 Å². The number of hydrogen-bond acceptors (Lipinski definition) is 3. The fourth-order valence-electron chi connectivity index (χ4n) is 1.88. The maximum atomic E-state index is 13.0. The van der Waals surface area contributed by atoms with Gasteiger partial charge in [0.2, 0.25) is 5.91 Å². The van der Waals surface area contributed by atoms with Crippen molar-refractivity contribution in [1.29, 1.82) is 0 Å². The van der Waals surface area contributed by atoms with Gasteiger partial charge in [-0.3, -0.25) is 4.79 Å². The minimum atomic E-state index is -1.09. The Balaban J connectivity index is 1.99. The molecule has 106 valence electrons. The van der Waals surface area contributed by atoms with Gasteiger partial charge < -0.3 is 14.7 Å². The van der Waals surface area contributed by atoms with Crippen molar-refractivity contribution < 1.29 is 23.8 Å². The number of rotatable bonds is 3. The molecule has 6 heteroatoms. The average Bonchev–Trinajstić information content (AvgIpc) is 2.45. The van der Waals surface area contributed by atoms with E-state index in [0.717, 1.165) is 0 Å². The number of halogens is 1. The van der Waals surface area contributed by atoms with E-state index in [4.69, 9.17) is 9.84 Å². The number of carbonyl (C=O) groups excluding carboxylic acids is 1. The lowest BCUT2D eigenvalue weighted by Gasteiger charge is -2.30. The van der Waals surface area contributed by atoms with Gasteiger partial charge in [-0.1, -0.05) is 12.1 Å². The Hall–Kier alpha value is -2.21. The number of amides is 1. The van der Waals surface area contributed by atoms with Gasteiger partial charge in [-0.15, -0.1) is 0 Å². The van der Waals surface area contributed by atoms with E-state index < -0.39 is 12.1 Å². The summed E-state index contributed by atoms with van der Waals surface area (Å²) in [6.07, 6.45) is 1.81. The van der Waals surface area contributed by atoms with Crippen LogP contribution in [0.25, 0.3) is 6.08 Å². The second-order valence-electron chi connectivity index (χ2n) is 4.37. The number of carbonyl (C=O) groups is 2. The van der Waals surface area contributed by atoms with Gasteiger partial charge in [0.05, 0.1) is 13.2 Å². The topological polar surface area (TPSA) is 66.8 Å². The highest BCUT2D eigenvalue weighted by Gasteiger charge is 2.27. The summed E-state index contributed by atoms with van der Waals surface area (Å²) in [6, 6.07) is 5.85. The predicted molar refractivity (Wildman–Crippen MR) is 69.4 cm³/mol. The first-order valence-electron chi connectivity index (χ1n) is 6.13. The van der Waals surface area contributed by atoms with E-state index in [1.54, 1.807) is 12.1 Å². The van der Waals surface area contributed by atoms with Crippen LogP contribution >= 0.6 is 0 Å². The van der Waals surface area contributed by atoms with Gasteiger partial charge in [-0.2, -0.15) is 0 Å². The second kappa shape index (κ2) is 6.29. The molecule has 0 aliphatic carbocycles. The monoisotopic (exact) mass is 279 g/mol. The SMILES string of the molecule is O=C(O)[C@@H]1CN(C(=O)/C=C\c2cccc(F)c2)CCO1. The van der Waals surface area contributed by atoms with E-state index >= 15 is 0 Å². The molecule has 1 N–H and O–H groups in total. The van der Waals surface area contributed by atoms with Crippen molar-refractivity contribution >= 4 is 18.0 Å². The van der Waals surface area contributed by atoms with Crippen molar-refractivity contribution in [3.63, 3.8) is 0 Å². The molecule has 1 atom stereocenters. The summed E-state index contributed by atoms with van der Waals surface area (Å²) >= 11 is 0. The molecule has 5 nitrogen and oxygen atoms in total. The first-order chi connectivity index (χ1) is 9.56. The molecular formula is C14H14FNO4. The predicted octanol–water partition coefficient (Wildman–Crippen LogP) is 1.15. The van der Waals surface area contributed by atoms with Crippen molar-refractivity contribution in [1.82, 2.24) is 4.90 Å². The first kappa shape index (κ1) is 14.2. The van der Waals surface area contributed by atoms with E-state index in [0.29, 0.717) is 12.1 Å². The van der Waals surface area contributed by atoms with Gasteiger partial charge in [-0.05, 0) is 23.8 Å². The van der Waals surface area contributed by atoms with Gasteiger partial charge in [0, 0.05) is 12.6 Å². The number of aliphatic carboxylic acids is 1. The van der Waals surface area contributed by atoms with Crippen molar-refractivity contribution in [3.05, 3.63) is 41.7 Å². The van der Waals surface area contributed by atoms with Crippen molar-refractivity contribution in [3.8, 4) is 0 Å². The molecule has 1 aliphatic rings. The summed E-state index contributed by atoms with van der Waals surface area (Å²) in [5.74, 6) is -1.78. The number of hydrogen-bond donors (Lipinski definition) is 1. The highest BCUT2D eigenvalue weighted by Crippen LogP contribution is 2.09. The molecule has 0 bridgehead atoms. The van der Waals surface area contributed by atoms with Crippen molar-refractivity contribution in [2.24, 2.45) is 0 Å². The molecule has 1 heterocycles. The first-order valence-corrected chi connectivity index (χ1v) is 6.13. The third kappa shape index (κ3) is 3.64. The van der Waals surface area contributed by atoms with E-state index in [-0.39, 0.29) is 24.9 Å². The number of ether oxygens (including phenoxy) is 1. The van der Waals surface area contributed by atoms with Crippen LogP contribution in [0.5, 0.6) is 0 Å². The van der Waals surface area contributed by atoms with E-state index in [1.165, 1.54) is 29.2 Å². The maximum Gasteiger partial charge on any atom is 0.334 e. The molecule has 2 rings (SSSR count). The minimum Gasteiger partial charge on any atom is -0.479 e. The van der Waals surface area contributed by atoms with E-state index in [2.05, 4.69) is 0 Å². The lowest BCUT2D eigenvalue weighted by Crippen LogP contribution is -2.48. The molecule has 0 aromatic heterocycles. The quantitative estimate of drug-likeness (QED) is 0.843. The molecule has 0 saturated carbocycles. The number of nitrogens with zero attached hydrogens (tertiary/aromatic N) is 1. The summed E-state index contributed by atoms with van der Waals surface area (Å²) in [5.41, 5.74) is 0.571. The standard InChI is InChI=1S/C14H14FNO4/c15-11-3-1-2-10(8-11)4-5-13(17)16-6-7-20-12(9-16)14(18)19/h1-5,8,12H,6-7,9H2,(H,18,19)/b5-4-/t12-/m0/s1. The van der Waals surface area contributed by atoms with Crippen LogP contribution in [0.3, 0.4) is 0 Å². The molecular weight excluding hydrogens is 265 g/mol. The van der Waals surface area contributed by atoms with Crippen molar-refractivity contribution in [2.75, 3.05) is 19.7 Å². The smallest absolute Gasteiger partial charge is 0.334 e. The molecule has 0 unspecified atom stereocenters. The molecule has 1 saturated heterocycles. The van der Waals surface area contributed by atoms with Gasteiger partial charge in [0.25, 0.3) is 0 Å². The number of carboxylic acid groups (broad SMARTS) is 1. The summed E-state index contributed by atoms with van der Waals surface area (Å²) in [5, 5.41) is 8.85. The molecule has 0 spiro atoms. The van der Waals surface area contributed by atoms with Gasteiger partial charge in [0.15, 0.2) is 6.10 Å². The summed E-state index contributed by atoms with van der Waals surface area (Å²) < 4.78 is 18.0. The van der Waals surface area contributed by atoms with Crippen LogP contribution in [0.15, 0.2) is 30.3 Å². The number of morpholine rings is 1. The van der Waals surface area contributed by atoms with Crippen LogP contribution in [0.2, 0.25) is 0 Å². The summed E-state index contributed by atoms with van der Waals surface area (Å²) in [6.45, 7) is 0.550. The highest BCUT2D eigenvalue weighted by molar-refractivity contribution is 5.92. The minimum absolute atomic E-state index is 0.0155. The average molecular weight is 279 g/mol. The number of benzene rings is 1. The van der Waals surface area contributed by atoms with E-state index in [1.807, 2.05) is 0 Å². The van der Waals surface area contributed by atoms with Crippen LogP contribution in [-0.2, 0) is 14.3 Å².